The second-order valence-corrected chi connectivity index (χ2v) is 4.95. The standard InChI is InChI=1S/C16H19N5/c1-2-15(16-18-7-8-19-16)20-11-13-3-5-14(6-4-13)21-10-9-17-12-21/h3-10,12,15,20H,2,11H2,1H3,(H,18,19). The maximum absolute atomic E-state index is 4.32. The van der Waals surface area contributed by atoms with E-state index in [2.05, 4.69) is 51.5 Å². The number of imidazole rings is 2. The van der Waals surface area contributed by atoms with Gasteiger partial charge in [0, 0.05) is 37.0 Å². The number of H-pyrrole nitrogens is 1. The summed E-state index contributed by atoms with van der Waals surface area (Å²) in [7, 11) is 0. The van der Waals surface area contributed by atoms with Gasteiger partial charge in [0.2, 0.25) is 0 Å². The number of rotatable bonds is 6. The zero-order valence-electron chi connectivity index (χ0n) is 12.0. The molecule has 1 unspecified atom stereocenters. The lowest BCUT2D eigenvalue weighted by atomic mass is 10.1. The minimum atomic E-state index is 0.258. The van der Waals surface area contributed by atoms with E-state index >= 15 is 0 Å². The monoisotopic (exact) mass is 281 g/mol. The third kappa shape index (κ3) is 3.20. The molecule has 0 radical (unpaired) electrons. The van der Waals surface area contributed by atoms with Crippen molar-refractivity contribution in [3.8, 4) is 5.69 Å². The molecule has 2 aromatic heterocycles. The van der Waals surface area contributed by atoms with E-state index in [1.165, 1.54) is 5.56 Å². The van der Waals surface area contributed by atoms with Crippen LogP contribution < -0.4 is 5.32 Å². The number of aromatic amines is 1. The molecule has 3 aromatic rings. The van der Waals surface area contributed by atoms with Crippen molar-refractivity contribution < 1.29 is 0 Å². The molecular weight excluding hydrogens is 262 g/mol. The molecule has 2 N–H and O–H groups in total. The molecule has 0 saturated carbocycles. The molecule has 0 spiro atoms. The fourth-order valence-corrected chi connectivity index (χ4v) is 2.34. The van der Waals surface area contributed by atoms with Gasteiger partial charge in [0.1, 0.15) is 5.82 Å². The third-order valence-electron chi connectivity index (χ3n) is 3.55. The van der Waals surface area contributed by atoms with Crippen molar-refractivity contribution in [3.63, 3.8) is 0 Å². The van der Waals surface area contributed by atoms with Gasteiger partial charge in [-0.25, -0.2) is 9.97 Å². The normalized spacial score (nSPS) is 12.4. The minimum absolute atomic E-state index is 0.258. The van der Waals surface area contributed by atoms with E-state index in [1.54, 1.807) is 18.7 Å². The summed E-state index contributed by atoms with van der Waals surface area (Å²) in [6.45, 7) is 2.98. The van der Waals surface area contributed by atoms with Gasteiger partial charge in [-0.1, -0.05) is 19.1 Å². The van der Waals surface area contributed by atoms with Crippen LogP contribution in [-0.2, 0) is 6.54 Å². The molecule has 21 heavy (non-hydrogen) atoms. The van der Waals surface area contributed by atoms with Crippen LogP contribution in [0.2, 0.25) is 0 Å². The predicted molar refractivity (Wildman–Crippen MR) is 82.0 cm³/mol. The molecule has 0 bridgehead atoms. The molecule has 2 heterocycles. The number of hydrogen-bond acceptors (Lipinski definition) is 3. The van der Waals surface area contributed by atoms with Gasteiger partial charge in [0.25, 0.3) is 0 Å². The summed E-state index contributed by atoms with van der Waals surface area (Å²) < 4.78 is 1.99. The number of nitrogens with zero attached hydrogens (tertiary/aromatic N) is 3. The van der Waals surface area contributed by atoms with E-state index in [9.17, 15) is 0 Å². The van der Waals surface area contributed by atoms with Gasteiger partial charge in [0.15, 0.2) is 0 Å². The molecule has 0 aliphatic heterocycles. The Hall–Kier alpha value is -2.40. The van der Waals surface area contributed by atoms with Gasteiger partial charge in [-0.3, -0.25) is 0 Å². The maximum atomic E-state index is 4.32. The van der Waals surface area contributed by atoms with Crippen molar-refractivity contribution in [2.24, 2.45) is 0 Å². The Bertz CT molecular complexity index is 641. The Labute approximate surface area is 124 Å². The second kappa shape index (κ2) is 6.37. The lowest BCUT2D eigenvalue weighted by Crippen LogP contribution is -2.21. The summed E-state index contributed by atoms with van der Waals surface area (Å²) in [6.07, 6.45) is 10.2. The molecule has 0 saturated heterocycles. The largest absolute Gasteiger partial charge is 0.347 e. The maximum Gasteiger partial charge on any atom is 0.123 e. The fourth-order valence-electron chi connectivity index (χ4n) is 2.34. The molecular formula is C16H19N5. The summed E-state index contributed by atoms with van der Waals surface area (Å²) in [5.41, 5.74) is 2.37. The predicted octanol–water partition coefficient (Wildman–Crippen LogP) is 2.84. The van der Waals surface area contributed by atoms with Crippen LogP contribution in [0.25, 0.3) is 5.69 Å². The zero-order chi connectivity index (χ0) is 14.5. The van der Waals surface area contributed by atoms with Crippen LogP contribution in [-0.4, -0.2) is 19.5 Å². The van der Waals surface area contributed by atoms with E-state index in [0.717, 1.165) is 24.5 Å². The quantitative estimate of drug-likeness (QED) is 0.730. The summed E-state index contributed by atoms with van der Waals surface area (Å²) >= 11 is 0. The highest BCUT2D eigenvalue weighted by atomic mass is 15.0. The summed E-state index contributed by atoms with van der Waals surface area (Å²) in [6, 6.07) is 8.74. The Morgan fingerprint density at radius 1 is 1.24 bits per heavy atom. The SMILES string of the molecule is CCC(NCc1ccc(-n2ccnc2)cc1)c1ncc[nH]1. The number of nitrogens with one attached hydrogen (secondary N) is 2. The van der Waals surface area contributed by atoms with Crippen LogP contribution in [0.4, 0.5) is 0 Å². The summed E-state index contributed by atoms with van der Waals surface area (Å²) in [5.74, 6) is 0.993. The van der Waals surface area contributed by atoms with E-state index in [-0.39, 0.29) is 6.04 Å². The van der Waals surface area contributed by atoms with Gasteiger partial charge in [-0.2, -0.15) is 0 Å². The van der Waals surface area contributed by atoms with Crippen molar-refractivity contribution >= 4 is 0 Å². The van der Waals surface area contributed by atoms with Crippen molar-refractivity contribution in [2.75, 3.05) is 0 Å². The third-order valence-corrected chi connectivity index (χ3v) is 3.55. The minimum Gasteiger partial charge on any atom is -0.347 e. The lowest BCUT2D eigenvalue weighted by molar-refractivity contribution is 0.498. The van der Waals surface area contributed by atoms with Gasteiger partial charge >= 0.3 is 0 Å². The molecule has 1 aromatic carbocycles. The van der Waals surface area contributed by atoms with Crippen LogP contribution in [0.15, 0.2) is 55.4 Å². The van der Waals surface area contributed by atoms with Crippen LogP contribution in [0.3, 0.4) is 0 Å². The Kier molecular flexibility index (Phi) is 4.12. The van der Waals surface area contributed by atoms with Crippen molar-refractivity contribution in [1.82, 2.24) is 24.8 Å². The average Bonchev–Trinajstić information content (AvgIpc) is 3.22. The fraction of sp³-hybridized carbons (Fsp3) is 0.250. The summed E-state index contributed by atoms with van der Waals surface area (Å²) in [4.78, 5) is 11.5. The molecule has 0 amide bonds. The van der Waals surface area contributed by atoms with E-state index in [0.29, 0.717) is 0 Å². The smallest absolute Gasteiger partial charge is 0.123 e. The van der Waals surface area contributed by atoms with Gasteiger partial charge < -0.3 is 14.9 Å². The van der Waals surface area contributed by atoms with E-state index in [1.807, 2.05) is 17.0 Å². The molecule has 0 aliphatic carbocycles. The molecule has 108 valence electrons. The molecule has 3 rings (SSSR count). The first-order chi connectivity index (χ1) is 10.4. The van der Waals surface area contributed by atoms with Crippen LogP contribution in [0.1, 0.15) is 30.8 Å². The molecule has 0 aliphatic rings. The van der Waals surface area contributed by atoms with Crippen LogP contribution >= 0.6 is 0 Å². The number of aromatic nitrogens is 4. The summed E-state index contributed by atoms with van der Waals surface area (Å²) in [5, 5.41) is 3.53. The van der Waals surface area contributed by atoms with Gasteiger partial charge in [-0.15, -0.1) is 0 Å². The first kappa shape index (κ1) is 13.6. The molecule has 5 nitrogen and oxygen atoms in total. The van der Waals surface area contributed by atoms with E-state index < -0.39 is 0 Å². The zero-order valence-corrected chi connectivity index (χ0v) is 12.0. The van der Waals surface area contributed by atoms with Gasteiger partial charge in [-0.05, 0) is 24.1 Å². The lowest BCUT2D eigenvalue weighted by Gasteiger charge is -2.14. The van der Waals surface area contributed by atoms with Crippen LogP contribution in [0.5, 0.6) is 0 Å². The highest BCUT2D eigenvalue weighted by Gasteiger charge is 2.10. The Morgan fingerprint density at radius 2 is 2.10 bits per heavy atom. The first-order valence-corrected chi connectivity index (χ1v) is 7.16. The molecule has 1 atom stereocenters. The van der Waals surface area contributed by atoms with Gasteiger partial charge in [0.05, 0.1) is 12.4 Å². The Morgan fingerprint density at radius 3 is 2.71 bits per heavy atom. The highest BCUT2D eigenvalue weighted by Crippen LogP contribution is 2.14. The van der Waals surface area contributed by atoms with Crippen molar-refractivity contribution in [2.45, 2.75) is 25.9 Å². The van der Waals surface area contributed by atoms with Crippen molar-refractivity contribution in [3.05, 3.63) is 66.8 Å². The van der Waals surface area contributed by atoms with Crippen LogP contribution in [0, 0.1) is 0 Å². The topological polar surface area (TPSA) is 58.5 Å². The number of hydrogen-bond donors (Lipinski definition) is 2. The van der Waals surface area contributed by atoms with Crippen molar-refractivity contribution in [1.29, 1.82) is 0 Å². The first-order valence-electron chi connectivity index (χ1n) is 7.16. The number of benzene rings is 1. The molecule has 5 heteroatoms. The second-order valence-electron chi connectivity index (χ2n) is 4.95. The molecule has 0 fully saturated rings. The Balaban J connectivity index is 1.63. The average molecular weight is 281 g/mol. The highest BCUT2D eigenvalue weighted by molar-refractivity contribution is 5.34. The van der Waals surface area contributed by atoms with E-state index in [4.69, 9.17) is 0 Å².